The molecule has 1 rings (SSSR count). The lowest BCUT2D eigenvalue weighted by Gasteiger charge is -2.00. The second-order valence-corrected chi connectivity index (χ2v) is 4.54. The number of thiocarbonyl (C=S) groups is 1. The first-order chi connectivity index (χ1) is 7.18. The van der Waals surface area contributed by atoms with Gasteiger partial charge in [0.05, 0.1) is 0 Å². The molecule has 0 radical (unpaired) electrons. The number of aliphatic hydroxyl groups is 1. The fraction of sp³-hybridized carbons (Fsp3) is 0.273. The molecule has 0 fully saturated rings. The van der Waals surface area contributed by atoms with E-state index in [2.05, 4.69) is 12.2 Å². The number of rotatable bonds is 5. The van der Waals surface area contributed by atoms with E-state index < -0.39 is 0 Å². The van der Waals surface area contributed by atoms with Crippen LogP contribution < -0.4 is 0 Å². The molecule has 0 saturated heterocycles. The highest BCUT2D eigenvalue weighted by Crippen LogP contribution is 2.15. The summed E-state index contributed by atoms with van der Waals surface area (Å²) in [6.45, 7) is 0. The van der Waals surface area contributed by atoms with E-state index in [-0.39, 0.29) is 16.6 Å². The zero-order chi connectivity index (χ0) is 11.1. The van der Waals surface area contributed by atoms with E-state index in [1.807, 2.05) is 30.3 Å². The number of aliphatic hydroxyl groups excluding tert-OH is 1. The third kappa shape index (κ3) is 5.54. The molecule has 0 aliphatic rings. The van der Waals surface area contributed by atoms with E-state index in [1.54, 1.807) is 0 Å². The molecule has 1 aromatic rings. The number of carbonyl (C=O) groups excluding carboxylic acids is 1. The molecule has 15 heavy (non-hydrogen) atoms. The van der Waals surface area contributed by atoms with Crippen LogP contribution in [0.1, 0.15) is 18.4 Å². The smallest absolute Gasteiger partial charge is 0.189 e. The van der Waals surface area contributed by atoms with Gasteiger partial charge in [0, 0.05) is 18.6 Å². The van der Waals surface area contributed by atoms with Crippen molar-refractivity contribution in [2.24, 2.45) is 0 Å². The minimum atomic E-state index is -0.0938. The number of carbonyl (C=O) groups is 1. The molecule has 0 saturated carbocycles. The summed E-state index contributed by atoms with van der Waals surface area (Å²) in [6, 6.07) is 9.81. The molecule has 0 atom stereocenters. The van der Waals surface area contributed by atoms with E-state index in [9.17, 15) is 4.79 Å². The van der Waals surface area contributed by atoms with Gasteiger partial charge in [0.1, 0.15) is 0 Å². The highest BCUT2D eigenvalue weighted by Gasteiger charge is 2.04. The first kappa shape index (κ1) is 12.2. The average molecular weight is 240 g/mol. The Hall–Kier alpha value is -0.870. The molecule has 80 valence electrons. The van der Waals surface area contributed by atoms with Gasteiger partial charge in [0.2, 0.25) is 0 Å². The lowest BCUT2D eigenvalue weighted by Crippen LogP contribution is -1.98. The number of benzene rings is 1. The Morgan fingerprint density at radius 2 is 1.93 bits per heavy atom. The van der Waals surface area contributed by atoms with E-state index >= 15 is 0 Å². The summed E-state index contributed by atoms with van der Waals surface area (Å²) in [4.78, 5) is 11.3. The van der Waals surface area contributed by atoms with Crippen LogP contribution in [0.3, 0.4) is 0 Å². The molecule has 0 aliphatic heterocycles. The van der Waals surface area contributed by atoms with Gasteiger partial charge in [0.25, 0.3) is 0 Å². The van der Waals surface area contributed by atoms with Crippen molar-refractivity contribution in [1.82, 2.24) is 0 Å². The third-order valence-corrected chi connectivity index (χ3v) is 2.99. The zero-order valence-corrected chi connectivity index (χ0v) is 9.81. The van der Waals surface area contributed by atoms with Crippen molar-refractivity contribution in [3.05, 3.63) is 35.9 Å². The number of hydrogen-bond donors (Lipinski definition) is 1. The highest BCUT2D eigenvalue weighted by molar-refractivity contribution is 8.12. The lowest BCUT2D eigenvalue weighted by atomic mass is 10.2. The SMILES string of the molecule is O=C(CCC(O)=S)SCc1ccccc1. The standard InChI is InChI=1S/C11H12O2S2/c12-10(14)6-7-11(13)15-8-9-4-2-1-3-5-9/h1-5H,6-8H2,(H,12,14). The summed E-state index contributed by atoms with van der Waals surface area (Å²) in [5.41, 5.74) is 1.13. The van der Waals surface area contributed by atoms with Gasteiger partial charge in [-0.15, -0.1) is 0 Å². The Labute approximate surface area is 98.7 Å². The molecule has 4 heteroatoms. The molecule has 0 aromatic heterocycles. The van der Waals surface area contributed by atoms with Crippen LogP contribution >= 0.6 is 24.0 Å². The molecule has 0 aliphatic carbocycles. The molecule has 1 N–H and O–H groups in total. The summed E-state index contributed by atoms with van der Waals surface area (Å²) in [6.07, 6.45) is 0.600. The molecule has 2 nitrogen and oxygen atoms in total. The van der Waals surface area contributed by atoms with Gasteiger partial charge in [-0.3, -0.25) is 4.79 Å². The van der Waals surface area contributed by atoms with E-state index in [4.69, 9.17) is 5.11 Å². The zero-order valence-electron chi connectivity index (χ0n) is 8.18. The molecular formula is C11H12O2S2. The maximum atomic E-state index is 11.3. The van der Waals surface area contributed by atoms with E-state index in [0.29, 0.717) is 12.2 Å². The normalized spacial score (nSPS) is 9.87. The van der Waals surface area contributed by atoms with Crippen LogP contribution in [0.4, 0.5) is 0 Å². The molecule has 0 bridgehead atoms. The predicted octanol–water partition coefficient (Wildman–Crippen LogP) is 3.11. The quantitative estimate of drug-likeness (QED) is 0.802. The number of hydrogen-bond acceptors (Lipinski definition) is 3. The van der Waals surface area contributed by atoms with Crippen LogP contribution in [0.15, 0.2) is 30.3 Å². The lowest BCUT2D eigenvalue weighted by molar-refractivity contribution is -0.110. The van der Waals surface area contributed by atoms with Crippen LogP contribution in [0.5, 0.6) is 0 Å². The molecule has 1 aromatic carbocycles. The molecule has 0 heterocycles. The third-order valence-electron chi connectivity index (χ3n) is 1.79. The minimum absolute atomic E-state index is 0.0650. The second kappa shape index (κ2) is 6.58. The van der Waals surface area contributed by atoms with Crippen LogP contribution in [-0.4, -0.2) is 15.3 Å². The fourth-order valence-corrected chi connectivity index (χ4v) is 1.89. The molecule has 0 unspecified atom stereocenters. The van der Waals surface area contributed by atoms with Gasteiger partial charge in [-0.1, -0.05) is 42.1 Å². The Bertz CT molecular complexity index is 336. The summed E-state index contributed by atoms with van der Waals surface area (Å²) in [7, 11) is 0. The summed E-state index contributed by atoms with van der Waals surface area (Å²) < 4.78 is 0. The fourth-order valence-electron chi connectivity index (χ4n) is 1.02. The molecule has 0 amide bonds. The van der Waals surface area contributed by atoms with Crippen molar-refractivity contribution >= 4 is 34.1 Å². The van der Waals surface area contributed by atoms with Crippen molar-refractivity contribution in [3.63, 3.8) is 0 Å². The molecular weight excluding hydrogens is 228 g/mol. The van der Waals surface area contributed by atoms with Crippen LogP contribution in [0.2, 0.25) is 0 Å². The number of thioether (sulfide) groups is 1. The summed E-state index contributed by atoms with van der Waals surface area (Å²) >= 11 is 5.75. The Morgan fingerprint density at radius 1 is 1.27 bits per heavy atom. The summed E-state index contributed by atoms with van der Waals surface area (Å²) in [5.74, 6) is 0.678. The average Bonchev–Trinajstić information content (AvgIpc) is 2.25. The second-order valence-electron chi connectivity index (χ2n) is 3.04. The van der Waals surface area contributed by atoms with Gasteiger partial charge in [-0.05, 0) is 17.8 Å². The first-order valence-corrected chi connectivity index (χ1v) is 5.99. The minimum Gasteiger partial charge on any atom is -0.502 e. The van der Waals surface area contributed by atoms with Gasteiger partial charge >= 0.3 is 0 Å². The highest BCUT2D eigenvalue weighted by atomic mass is 32.2. The Kier molecular flexibility index (Phi) is 5.36. The Balaban J connectivity index is 2.26. The van der Waals surface area contributed by atoms with E-state index in [0.717, 1.165) is 5.56 Å². The van der Waals surface area contributed by atoms with Crippen LogP contribution in [0, 0.1) is 0 Å². The van der Waals surface area contributed by atoms with Gasteiger partial charge in [-0.25, -0.2) is 0 Å². The van der Waals surface area contributed by atoms with Crippen molar-refractivity contribution in [3.8, 4) is 0 Å². The van der Waals surface area contributed by atoms with Gasteiger partial charge in [0.15, 0.2) is 10.2 Å². The van der Waals surface area contributed by atoms with E-state index in [1.165, 1.54) is 11.8 Å². The van der Waals surface area contributed by atoms with Gasteiger partial charge < -0.3 is 5.11 Å². The van der Waals surface area contributed by atoms with Crippen LogP contribution in [-0.2, 0) is 10.5 Å². The monoisotopic (exact) mass is 240 g/mol. The Morgan fingerprint density at radius 3 is 2.53 bits per heavy atom. The van der Waals surface area contributed by atoms with Crippen LogP contribution in [0.25, 0.3) is 0 Å². The van der Waals surface area contributed by atoms with Crippen molar-refractivity contribution in [1.29, 1.82) is 0 Å². The predicted molar refractivity (Wildman–Crippen MR) is 67.2 cm³/mol. The molecule has 0 spiro atoms. The van der Waals surface area contributed by atoms with Gasteiger partial charge in [-0.2, -0.15) is 0 Å². The van der Waals surface area contributed by atoms with Crippen molar-refractivity contribution in [2.75, 3.05) is 0 Å². The van der Waals surface area contributed by atoms with Crippen molar-refractivity contribution < 1.29 is 9.90 Å². The summed E-state index contributed by atoms with van der Waals surface area (Å²) in [5, 5.41) is 8.73. The first-order valence-electron chi connectivity index (χ1n) is 4.60. The largest absolute Gasteiger partial charge is 0.502 e. The van der Waals surface area contributed by atoms with Crippen molar-refractivity contribution in [2.45, 2.75) is 18.6 Å². The topological polar surface area (TPSA) is 37.3 Å². The maximum absolute atomic E-state index is 11.3. The maximum Gasteiger partial charge on any atom is 0.189 e.